The van der Waals surface area contributed by atoms with E-state index < -0.39 is 6.43 Å². The summed E-state index contributed by atoms with van der Waals surface area (Å²) in [4.78, 5) is 0.973. The number of hydrogen-bond donors (Lipinski definition) is 1. The van der Waals surface area contributed by atoms with E-state index in [0.29, 0.717) is 10.9 Å². The van der Waals surface area contributed by atoms with Crippen molar-refractivity contribution in [1.82, 2.24) is 5.32 Å². The van der Waals surface area contributed by atoms with Gasteiger partial charge in [-0.05, 0) is 12.1 Å². The van der Waals surface area contributed by atoms with Gasteiger partial charge in [-0.25, -0.2) is 8.78 Å². The van der Waals surface area contributed by atoms with E-state index >= 15 is 0 Å². The third-order valence-electron chi connectivity index (χ3n) is 1.23. The predicted octanol–water partition coefficient (Wildman–Crippen LogP) is 2.76. The third kappa shape index (κ3) is 3.47. The monoisotopic (exact) mass is 211 g/mol. The first-order chi connectivity index (χ1) is 5.68. The van der Waals surface area contributed by atoms with Crippen molar-refractivity contribution in [2.75, 3.05) is 6.54 Å². The minimum Gasteiger partial charge on any atom is -0.306 e. The maximum atomic E-state index is 11.7. The van der Waals surface area contributed by atoms with Crippen LogP contribution in [0.15, 0.2) is 12.1 Å². The largest absolute Gasteiger partial charge is 0.306 e. The molecule has 0 aliphatic carbocycles. The maximum Gasteiger partial charge on any atom is 0.250 e. The molecular formula is C7H8ClF2NS. The molecule has 68 valence electrons. The summed E-state index contributed by atoms with van der Waals surface area (Å²) in [5, 5.41) is 2.62. The summed E-state index contributed by atoms with van der Waals surface area (Å²) >= 11 is 7.04. The first-order valence-electron chi connectivity index (χ1n) is 3.41. The van der Waals surface area contributed by atoms with Gasteiger partial charge >= 0.3 is 0 Å². The van der Waals surface area contributed by atoms with Crippen molar-refractivity contribution >= 4 is 22.9 Å². The van der Waals surface area contributed by atoms with Gasteiger partial charge in [0.05, 0.1) is 10.9 Å². The van der Waals surface area contributed by atoms with Gasteiger partial charge in [0.1, 0.15) is 0 Å². The Labute approximate surface area is 78.4 Å². The van der Waals surface area contributed by atoms with Crippen LogP contribution in [0.4, 0.5) is 8.78 Å². The van der Waals surface area contributed by atoms with Crippen LogP contribution in [0.1, 0.15) is 4.88 Å². The molecule has 1 rings (SSSR count). The molecule has 0 spiro atoms. The first kappa shape index (κ1) is 9.89. The highest BCUT2D eigenvalue weighted by Gasteiger charge is 2.01. The molecule has 1 heterocycles. The molecule has 0 aliphatic rings. The average molecular weight is 212 g/mol. The Morgan fingerprint density at radius 3 is 2.75 bits per heavy atom. The van der Waals surface area contributed by atoms with Crippen molar-refractivity contribution in [2.45, 2.75) is 13.0 Å². The second kappa shape index (κ2) is 4.74. The van der Waals surface area contributed by atoms with Crippen LogP contribution >= 0.6 is 22.9 Å². The summed E-state index contributed by atoms with van der Waals surface area (Å²) in [6.45, 7) is 0.192. The number of thiophene rings is 1. The number of nitrogens with one attached hydrogen (secondary N) is 1. The van der Waals surface area contributed by atoms with Crippen molar-refractivity contribution in [2.24, 2.45) is 0 Å². The van der Waals surface area contributed by atoms with Crippen LogP contribution in [-0.2, 0) is 6.54 Å². The molecule has 0 saturated carbocycles. The van der Waals surface area contributed by atoms with Crippen molar-refractivity contribution < 1.29 is 8.78 Å². The molecule has 1 aromatic rings. The fourth-order valence-electron chi connectivity index (χ4n) is 0.751. The molecule has 5 heteroatoms. The van der Waals surface area contributed by atoms with E-state index in [2.05, 4.69) is 5.32 Å². The van der Waals surface area contributed by atoms with E-state index in [-0.39, 0.29) is 6.54 Å². The Kier molecular flexibility index (Phi) is 3.91. The van der Waals surface area contributed by atoms with E-state index in [9.17, 15) is 8.78 Å². The zero-order chi connectivity index (χ0) is 8.97. The Hall–Kier alpha value is -0.190. The molecule has 0 atom stereocenters. The van der Waals surface area contributed by atoms with Crippen molar-refractivity contribution in [3.05, 3.63) is 21.3 Å². The molecular weight excluding hydrogens is 204 g/mol. The SMILES string of the molecule is FC(F)CNCc1ccc(Cl)s1. The van der Waals surface area contributed by atoms with Crippen LogP contribution in [0.3, 0.4) is 0 Å². The van der Waals surface area contributed by atoms with Gasteiger partial charge < -0.3 is 5.32 Å². The standard InChI is InChI=1S/C7H8ClF2NS/c8-6-2-1-5(12-6)3-11-4-7(9)10/h1-2,7,11H,3-4H2. The van der Waals surface area contributed by atoms with Gasteiger partial charge in [-0.15, -0.1) is 11.3 Å². The lowest BCUT2D eigenvalue weighted by atomic mass is 10.4. The normalized spacial score (nSPS) is 11.0. The zero-order valence-corrected chi connectivity index (χ0v) is 7.76. The second-order valence-electron chi connectivity index (χ2n) is 2.23. The number of halogens is 3. The lowest BCUT2D eigenvalue weighted by Gasteiger charge is -2.00. The van der Waals surface area contributed by atoms with Crippen LogP contribution in [0, 0.1) is 0 Å². The molecule has 0 saturated heterocycles. The molecule has 1 N–H and O–H groups in total. The smallest absolute Gasteiger partial charge is 0.250 e. The summed E-state index contributed by atoms with van der Waals surface area (Å²) in [6, 6.07) is 3.58. The molecule has 0 amide bonds. The Balaban J connectivity index is 2.24. The molecule has 0 aromatic carbocycles. The van der Waals surface area contributed by atoms with E-state index in [1.165, 1.54) is 11.3 Å². The molecule has 12 heavy (non-hydrogen) atoms. The average Bonchev–Trinajstić information content (AvgIpc) is 2.35. The molecule has 1 nitrogen and oxygen atoms in total. The quantitative estimate of drug-likeness (QED) is 0.808. The van der Waals surface area contributed by atoms with Gasteiger partial charge in [0.15, 0.2) is 0 Å². The third-order valence-corrected chi connectivity index (χ3v) is 2.46. The molecule has 0 bridgehead atoms. The fourth-order valence-corrected chi connectivity index (χ4v) is 1.81. The number of hydrogen-bond acceptors (Lipinski definition) is 2. The second-order valence-corrected chi connectivity index (χ2v) is 4.03. The van der Waals surface area contributed by atoms with Gasteiger partial charge in [-0.1, -0.05) is 11.6 Å². The summed E-state index contributed by atoms with van der Waals surface area (Å²) in [5.74, 6) is 0. The molecule has 0 aliphatic heterocycles. The lowest BCUT2D eigenvalue weighted by molar-refractivity contribution is 0.145. The molecule has 0 radical (unpaired) electrons. The van der Waals surface area contributed by atoms with E-state index in [0.717, 1.165) is 4.88 Å². The topological polar surface area (TPSA) is 12.0 Å². The summed E-state index contributed by atoms with van der Waals surface area (Å²) in [7, 11) is 0. The number of rotatable bonds is 4. The van der Waals surface area contributed by atoms with Crippen LogP contribution in [0.5, 0.6) is 0 Å². The summed E-state index contributed by atoms with van der Waals surface area (Å²) in [5.41, 5.74) is 0. The molecule has 0 fully saturated rings. The molecule has 1 aromatic heterocycles. The van der Waals surface area contributed by atoms with Gasteiger partial charge in [-0.3, -0.25) is 0 Å². The van der Waals surface area contributed by atoms with Gasteiger partial charge in [0.25, 0.3) is 6.43 Å². The van der Waals surface area contributed by atoms with Crippen molar-refractivity contribution in [1.29, 1.82) is 0 Å². The Morgan fingerprint density at radius 2 is 2.25 bits per heavy atom. The Bertz CT molecular complexity index is 239. The van der Waals surface area contributed by atoms with Crippen LogP contribution in [-0.4, -0.2) is 13.0 Å². The van der Waals surface area contributed by atoms with E-state index in [1.54, 1.807) is 6.07 Å². The van der Waals surface area contributed by atoms with Gasteiger partial charge in [0, 0.05) is 11.4 Å². The fraction of sp³-hybridized carbons (Fsp3) is 0.429. The summed E-state index contributed by atoms with van der Waals surface area (Å²) in [6.07, 6.45) is -2.29. The highest BCUT2D eigenvalue weighted by atomic mass is 35.5. The van der Waals surface area contributed by atoms with Crippen LogP contribution in [0.2, 0.25) is 4.34 Å². The minimum atomic E-state index is -2.29. The van der Waals surface area contributed by atoms with Gasteiger partial charge in [0.2, 0.25) is 0 Å². The predicted molar refractivity (Wildman–Crippen MR) is 47.0 cm³/mol. The zero-order valence-electron chi connectivity index (χ0n) is 6.19. The van der Waals surface area contributed by atoms with E-state index in [4.69, 9.17) is 11.6 Å². The highest BCUT2D eigenvalue weighted by Crippen LogP contribution is 2.20. The number of alkyl halides is 2. The summed E-state index contributed by atoms with van der Waals surface area (Å²) < 4.78 is 24.0. The van der Waals surface area contributed by atoms with Crippen LogP contribution in [0.25, 0.3) is 0 Å². The Morgan fingerprint density at radius 1 is 1.50 bits per heavy atom. The highest BCUT2D eigenvalue weighted by molar-refractivity contribution is 7.16. The lowest BCUT2D eigenvalue weighted by Crippen LogP contribution is -2.19. The van der Waals surface area contributed by atoms with E-state index in [1.807, 2.05) is 6.07 Å². The minimum absolute atomic E-state index is 0.268. The van der Waals surface area contributed by atoms with Gasteiger partial charge in [-0.2, -0.15) is 0 Å². The maximum absolute atomic E-state index is 11.7. The van der Waals surface area contributed by atoms with Crippen molar-refractivity contribution in [3.63, 3.8) is 0 Å². The van der Waals surface area contributed by atoms with Crippen LogP contribution < -0.4 is 5.32 Å². The van der Waals surface area contributed by atoms with Crippen molar-refractivity contribution in [3.8, 4) is 0 Å². The molecule has 0 unspecified atom stereocenters. The first-order valence-corrected chi connectivity index (χ1v) is 4.61.